The zero-order valence-electron chi connectivity index (χ0n) is 16.9. The number of fused-ring (bicyclic) bond motifs is 1. The molecule has 2 aromatic rings. The molecule has 0 saturated heterocycles. The third-order valence-corrected chi connectivity index (χ3v) is 4.65. The highest BCUT2D eigenvalue weighted by atomic mass is 35.5. The van der Waals surface area contributed by atoms with Crippen molar-refractivity contribution in [3.63, 3.8) is 0 Å². The van der Waals surface area contributed by atoms with Crippen LogP contribution in [0.2, 0.25) is 5.02 Å². The predicted octanol–water partition coefficient (Wildman–Crippen LogP) is 4.87. The van der Waals surface area contributed by atoms with E-state index in [2.05, 4.69) is 10.6 Å². The highest BCUT2D eigenvalue weighted by Gasteiger charge is 2.29. The lowest BCUT2D eigenvalue weighted by molar-refractivity contribution is -0.122. The summed E-state index contributed by atoms with van der Waals surface area (Å²) in [4.78, 5) is 24.7. The van der Waals surface area contributed by atoms with Crippen molar-refractivity contribution in [3.05, 3.63) is 58.6 Å². The summed E-state index contributed by atoms with van der Waals surface area (Å²) in [7, 11) is 0. The molecule has 2 unspecified atom stereocenters. The third kappa shape index (κ3) is 5.41. The molecule has 0 spiro atoms. The largest absolute Gasteiger partial charge is 0.479 e. The zero-order valence-corrected chi connectivity index (χ0v) is 17.7. The molecule has 0 bridgehead atoms. The van der Waals surface area contributed by atoms with Gasteiger partial charge in [-0.15, -0.1) is 0 Å². The average molecular weight is 417 g/mol. The Morgan fingerprint density at radius 2 is 1.93 bits per heavy atom. The summed E-state index contributed by atoms with van der Waals surface area (Å²) in [6.07, 6.45) is -0.630. The van der Waals surface area contributed by atoms with Crippen LogP contribution in [0.4, 0.5) is 10.5 Å². The summed E-state index contributed by atoms with van der Waals surface area (Å²) in [5.41, 5.74) is 1.65. The lowest BCUT2D eigenvalue weighted by Gasteiger charge is -2.29. The molecule has 6 nitrogen and oxygen atoms in total. The van der Waals surface area contributed by atoms with E-state index < -0.39 is 23.8 Å². The standard InChI is InChI=1S/C22H25ClN2O4/c1-13-20(26)25-19-16(6-5-7-18(19)28-13)17(24-21(27)29-22(2,3)4)12-14-8-10-15(23)11-9-14/h5-11,13,17H,12H2,1-4H3,(H,24,27)(H,25,26). The fourth-order valence-electron chi connectivity index (χ4n) is 3.08. The number of ether oxygens (including phenoxy) is 2. The number of halogens is 1. The maximum absolute atomic E-state index is 12.5. The highest BCUT2D eigenvalue weighted by molar-refractivity contribution is 6.30. The Kier molecular flexibility index (Phi) is 6.03. The van der Waals surface area contributed by atoms with Gasteiger partial charge >= 0.3 is 6.09 Å². The summed E-state index contributed by atoms with van der Waals surface area (Å²) in [6, 6.07) is 12.4. The molecule has 1 heterocycles. The molecule has 0 fully saturated rings. The second-order valence-electron chi connectivity index (χ2n) is 8.00. The normalized spacial score (nSPS) is 16.9. The number of anilines is 1. The fourth-order valence-corrected chi connectivity index (χ4v) is 3.21. The molecule has 2 amide bonds. The predicted molar refractivity (Wildman–Crippen MR) is 112 cm³/mol. The van der Waals surface area contributed by atoms with Gasteiger partial charge in [-0.05, 0) is 57.9 Å². The van der Waals surface area contributed by atoms with Gasteiger partial charge in [0.15, 0.2) is 6.10 Å². The quantitative estimate of drug-likeness (QED) is 0.745. The first-order valence-electron chi connectivity index (χ1n) is 9.47. The minimum absolute atomic E-state index is 0.229. The minimum Gasteiger partial charge on any atom is -0.479 e. The van der Waals surface area contributed by atoms with Gasteiger partial charge in [0.05, 0.1) is 11.7 Å². The van der Waals surface area contributed by atoms with E-state index in [0.717, 1.165) is 11.1 Å². The van der Waals surface area contributed by atoms with E-state index >= 15 is 0 Å². The van der Waals surface area contributed by atoms with Crippen LogP contribution in [-0.4, -0.2) is 23.7 Å². The van der Waals surface area contributed by atoms with Crippen molar-refractivity contribution in [1.29, 1.82) is 0 Å². The van der Waals surface area contributed by atoms with Crippen molar-refractivity contribution in [1.82, 2.24) is 5.32 Å². The summed E-state index contributed by atoms with van der Waals surface area (Å²) < 4.78 is 11.2. The van der Waals surface area contributed by atoms with Gasteiger partial charge in [-0.3, -0.25) is 4.79 Å². The number of para-hydroxylation sites is 1. The van der Waals surface area contributed by atoms with Crippen molar-refractivity contribution in [2.24, 2.45) is 0 Å². The topological polar surface area (TPSA) is 76.7 Å². The van der Waals surface area contributed by atoms with Crippen molar-refractivity contribution in [3.8, 4) is 5.75 Å². The third-order valence-electron chi connectivity index (χ3n) is 4.40. The summed E-state index contributed by atoms with van der Waals surface area (Å²) >= 11 is 5.99. The van der Waals surface area contributed by atoms with Gasteiger partial charge in [0.25, 0.3) is 5.91 Å². The first kappa shape index (κ1) is 21.0. The first-order chi connectivity index (χ1) is 13.6. The van der Waals surface area contributed by atoms with Crippen molar-refractivity contribution in [2.75, 3.05) is 5.32 Å². The molecule has 2 aromatic carbocycles. The number of alkyl carbamates (subject to hydrolysis) is 1. The molecule has 0 saturated carbocycles. The molecule has 0 aliphatic carbocycles. The molecule has 2 N–H and O–H groups in total. The van der Waals surface area contributed by atoms with Crippen LogP contribution in [-0.2, 0) is 16.0 Å². The number of hydrogen-bond acceptors (Lipinski definition) is 4. The molecule has 29 heavy (non-hydrogen) atoms. The molecule has 1 aliphatic heterocycles. The number of benzene rings is 2. The Balaban J connectivity index is 1.94. The van der Waals surface area contributed by atoms with Crippen molar-refractivity contribution < 1.29 is 19.1 Å². The molecule has 1 aliphatic rings. The smallest absolute Gasteiger partial charge is 0.408 e. The van der Waals surface area contributed by atoms with E-state index in [-0.39, 0.29) is 5.91 Å². The maximum atomic E-state index is 12.5. The molecule has 0 aromatic heterocycles. The molecule has 0 radical (unpaired) electrons. The van der Waals surface area contributed by atoms with Crippen LogP contribution in [0.1, 0.15) is 44.9 Å². The minimum atomic E-state index is -0.627. The van der Waals surface area contributed by atoms with Crippen LogP contribution in [0.5, 0.6) is 5.75 Å². The van der Waals surface area contributed by atoms with Crippen LogP contribution in [0.3, 0.4) is 0 Å². The van der Waals surface area contributed by atoms with Gasteiger partial charge in [-0.25, -0.2) is 4.79 Å². The summed E-state index contributed by atoms with van der Waals surface area (Å²) in [5.74, 6) is 0.342. The Morgan fingerprint density at radius 1 is 1.24 bits per heavy atom. The first-order valence-corrected chi connectivity index (χ1v) is 9.84. The SMILES string of the molecule is CC1Oc2cccc(C(Cc3ccc(Cl)cc3)NC(=O)OC(C)(C)C)c2NC1=O. The second-order valence-corrected chi connectivity index (χ2v) is 8.44. The Hall–Kier alpha value is -2.73. The number of hydrogen-bond donors (Lipinski definition) is 2. The van der Waals surface area contributed by atoms with E-state index in [1.807, 2.05) is 24.3 Å². The van der Waals surface area contributed by atoms with Crippen LogP contribution in [0.15, 0.2) is 42.5 Å². The molecule has 2 atom stereocenters. The Morgan fingerprint density at radius 3 is 2.59 bits per heavy atom. The maximum Gasteiger partial charge on any atom is 0.408 e. The van der Waals surface area contributed by atoms with Crippen molar-refractivity contribution in [2.45, 2.75) is 51.9 Å². The number of rotatable bonds is 4. The fraction of sp³-hybridized carbons (Fsp3) is 0.364. The lowest BCUT2D eigenvalue weighted by Crippen LogP contribution is -2.38. The molecule has 3 rings (SSSR count). The molecular weight excluding hydrogens is 392 g/mol. The van der Waals surface area contributed by atoms with Gasteiger partial charge in [-0.1, -0.05) is 35.9 Å². The van der Waals surface area contributed by atoms with E-state index in [9.17, 15) is 9.59 Å². The van der Waals surface area contributed by atoms with Gasteiger partial charge in [0.2, 0.25) is 0 Å². The van der Waals surface area contributed by atoms with E-state index in [0.29, 0.717) is 22.9 Å². The summed E-state index contributed by atoms with van der Waals surface area (Å²) in [5, 5.41) is 6.46. The molecular formula is C22H25ClN2O4. The molecule has 154 valence electrons. The number of carbonyl (C=O) groups excluding carboxylic acids is 2. The van der Waals surface area contributed by atoms with Gasteiger partial charge in [-0.2, -0.15) is 0 Å². The lowest BCUT2D eigenvalue weighted by atomic mass is 9.96. The molecule has 7 heteroatoms. The number of nitrogens with one attached hydrogen (secondary N) is 2. The van der Waals surface area contributed by atoms with E-state index in [1.165, 1.54) is 0 Å². The summed E-state index contributed by atoms with van der Waals surface area (Å²) in [6.45, 7) is 7.11. The van der Waals surface area contributed by atoms with E-state index in [1.54, 1.807) is 45.9 Å². The van der Waals surface area contributed by atoms with Crippen molar-refractivity contribution >= 4 is 29.3 Å². The van der Waals surface area contributed by atoms with Crippen LogP contribution >= 0.6 is 11.6 Å². The van der Waals surface area contributed by atoms with Crippen LogP contribution < -0.4 is 15.4 Å². The van der Waals surface area contributed by atoms with E-state index in [4.69, 9.17) is 21.1 Å². The Labute approximate surface area is 175 Å². The van der Waals surface area contributed by atoms with Gasteiger partial charge in [0.1, 0.15) is 11.4 Å². The average Bonchev–Trinajstić information content (AvgIpc) is 2.62. The number of carbonyl (C=O) groups is 2. The van der Waals surface area contributed by atoms with Gasteiger partial charge in [0, 0.05) is 10.6 Å². The van der Waals surface area contributed by atoms with Crippen LogP contribution in [0.25, 0.3) is 0 Å². The second kappa shape index (κ2) is 8.33. The highest BCUT2D eigenvalue weighted by Crippen LogP contribution is 2.37. The Bertz CT molecular complexity index is 906. The van der Waals surface area contributed by atoms with Gasteiger partial charge < -0.3 is 20.1 Å². The monoisotopic (exact) mass is 416 g/mol. The van der Waals surface area contributed by atoms with Crippen LogP contribution in [0, 0.1) is 0 Å². The zero-order chi connectivity index (χ0) is 21.2. The number of amides is 2.